The van der Waals surface area contributed by atoms with Gasteiger partial charge < -0.3 is 4.74 Å². The van der Waals surface area contributed by atoms with Crippen LogP contribution in [0.3, 0.4) is 0 Å². The van der Waals surface area contributed by atoms with E-state index < -0.39 is 0 Å². The van der Waals surface area contributed by atoms with Gasteiger partial charge in [0.2, 0.25) is 0 Å². The SMILES string of the molecule is CCC(C)(C)c1ccc2c(c1)c1ccc(Oc3cc(CCC(C)(C)C)cc(-n4nc(C)c(-c5ccccc5)c4C)c3)cc1n2-c1cc(C)ccn1. The van der Waals surface area contributed by atoms with E-state index in [1.54, 1.807) is 0 Å². The fourth-order valence-corrected chi connectivity index (χ4v) is 7.12. The summed E-state index contributed by atoms with van der Waals surface area (Å²) in [4.78, 5) is 4.83. The molecular weight excluding hydrogens is 625 g/mol. The minimum absolute atomic E-state index is 0.0797. The third-order valence-corrected chi connectivity index (χ3v) is 10.5. The highest BCUT2D eigenvalue weighted by Gasteiger charge is 2.22. The molecule has 0 fully saturated rings. The van der Waals surface area contributed by atoms with Gasteiger partial charge in [-0.05, 0) is 122 Å². The van der Waals surface area contributed by atoms with Gasteiger partial charge >= 0.3 is 0 Å². The highest BCUT2D eigenvalue weighted by molar-refractivity contribution is 6.09. The molecule has 0 N–H and O–H groups in total. The van der Waals surface area contributed by atoms with Gasteiger partial charge in [-0.15, -0.1) is 0 Å². The second kappa shape index (κ2) is 13.2. The van der Waals surface area contributed by atoms with Gasteiger partial charge in [0.25, 0.3) is 0 Å². The van der Waals surface area contributed by atoms with Crippen molar-refractivity contribution >= 4 is 21.8 Å². The lowest BCUT2D eigenvalue weighted by Gasteiger charge is -2.23. The summed E-state index contributed by atoms with van der Waals surface area (Å²) >= 11 is 0. The highest BCUT2D eigenvalue weighted by Crippen LogP contribution is 2.39. The number of benzene rings is 4. The maximum absolute atomic E-state index is 6.81. The molecule has 0 spiro atoms. The molecule has 3 aromatic heterocycles. The van der Waals surface area contributed by atoms with E-state index in [-0.39, 0.29) is 10.8 Å². The maximum atomic E-state index is 6.81. The Kier molecular flexibility index (Phi) is 8.87. The standard InChI is InChI=1S/C46H50N4O/c1-10-46(8,9)35-16-19-41-40(27-35)39-18-17-37(29-42(39)49(41)43-24-30(2)21-23-47-43)51-38-26-33(20-22-45(5,6)7)25-36(28-38)50-32(4)44(31(3)48-50)34-14-12-11-13-15-34/h11-19,21,23-29H,10,20,22H2,1-9H3. The van der Waals surface area contributed by atoms with Crippen LogP contribution in [0.4, 0.5) is 0 Å². The van der Waals surface area contributed by atoms with Crippen LogP contribution in [0, 0.1) is 26.2 Å². The molecule has 3 heterocycles. The molecule has 5 nitrogen and oxygen atoms in total. The second-order valence-corrected chi connectivity index (χ2v) is 16.0. The molecule has 4 aromatic carbocycles. The molecule has 5 heteroatoms. The van der Waals surface area contributed by atoms with Crippen molar-refractivity contribution in [2.45, 2.75) is 87.0 Å². The summed E-state index contributed by atoms with van der Waals surface area (Å²) in [5.74, 6) is 2.48. The van der Waals surface area contributed by atoms with Gasteiger partial charge in [-0.1, -0.05) is 77.9 Å². The maximum Gasteiger partial charge on any atom is 0.137 e. The van der Waals surface area contributed by atoms with Gasteiger partial charge in [-0.25, -0.2) is 9.67 Å². The quantitative estimate of drug-likeness (QED) is 0.153. The molecule has 0 saturated heterocycles. The highest BCUT2D eigenvalue weighted by atomic mass is 16.5. The van der Waals surface area contributed by atoms with Crippen LogP contribution in [0.5, 0.6) is 11.5 Å². The first-order valence-electron chi connectivity index (χ1n) is 18.3. The summed E-state index contributed by atoms with van der Waals surface area (Å²) in [6.45, 7) is 20.2. The predicted molar refractivity (Wildman–Crippen MR) is 213 cm³/mol. The minimum atomic E-state index is 0.0797. The van der Waals surface area contributed by atoms with E-state index in [1.807, 2.05) is 12.3 Å². The van der Waals surface area contributed by atoms with Crippen LogP contribution in [0.1, 0.15) is 82.5 Å². The fraction of sp³-hybridized carbons (Fsp3) is 0.304. The van der Waals surface area contributed by atoms with Gasteiger partial charge in [0, 0.05) is 40.4 Å². The normalized spacial score (nSPS) is 12.3. The van der Waals surface area contributed by atoms with Crippen molar-refractivity contribution in [1.29, 1.82) is 0 Å². The van der Waals surface area contributed by atoms with Crippen molar-refractivity contribution < 1.29 is 4.74 Å². The smallest absolute Gasteiger partial charge is 0.137 e. The average Bonchev–Trinajstić information content (AvgIpc) is 3.59. The van der Waals surface area contributed by atoms with Crippen molar-refractivity contribution in [3.8, 4) is 34.1 Å². The Morgan fingerprint density at radius 3 is 2.24 bits per heavy atom. The zero-order valence-electron chi connectivity index (χ0n) is 31.6. The van der Waals surface area contributed by atoms with Crippen molar-refractivity contribution in [3.63, 3.8) is 0 Å². The summed E-state index contributed by atoms with van der Waals surface area (Å²) in [6, 6.07) is 34.7. The van der Waals surface area contributed by atoms with E-state index in [1.165, 1.54) is 38.6 Å². The molecule has 260 valence electrons. The van der Waals surface area contributed by atoms with Gasteiger partial charge in [-0.3, -0.25) is 4.57 Å². The number of hydrogen-bond acceptors (Lipinski definition) is 3. The van der Waals surface area contributed by atoms with E-state index in [0.717, 1.165) is 64.7 Å². The Hall–Kier alpha value is -5.16. The van der Waals surface area contributed by atoms with Crippen LogP contribution in [0.2, 0.25) is 0 Å². The van der Waals surface area contributed by atoms with Gasteiger partial charge in [0.15, 0.2) is 0 Å². The zero-order chi connectivity index (χ0) is 36.1. The molecule has 0 aliphatic rings. The average molecular weight is 675 g/mol. The summed E-state index contributed by atoms with van der Waals surface area (Å²) in [5, 5.41) is 7.46. The molecule has 0 saturated carbocycles. The monoisotopic (exact) mass is 674 g/mol. The van der Waals surface area contributed by atoms with E-state index in [9.17, 15) is 0 Å². The Morgan fingerprint density at radius 1 is 0.725 bits per heavy atom. The van der Waals surface area contributed by atoms with Crippen LogP contribution in [0.15, 0.2) is 103 Å². The number of pyridine rings is 1. The number of aromatic nitrogens is 4. The third-order valence-electron chi connectivity index (χ3n) is 10.5. The summed E-state index contributed by atoms with van der Waals surface area (Å²) in [7, 11) is 0. The Morgan fingerprint density at radius 2 is 1.51 bits per heavy atom. The van der Waals surface area contributed by atoms with Gasteiger partial charge in [0.05, 0.1) is 22.4 Å². The fourth-order valence-electron chi connectivity index (χ4n) is 7.12. The topological polar surface area (TPSA) is 44.9 Å². The van der Waals surface area contributed by atoms with Gasteiger partial charge in [0.1, 0.15) is 17.3 Å². The first-order valence-corrected chi connectivity index (χ1v) is 18.3. The molecule has 7 aromatic rings. The van der Waals surface area contributed by atoms with Crippen molar-refractivity contribution in [2.75, 3.05) is 0 Å². The lowest BCUT2D eigenvalue weighted by molar-refractivity contribution is 0.378. The number of rotatable bonds is 9. The summed E-state index contributed by atoms with van der Waals surface area (Å²) < 4.78 is 11.2. The lowest BCUT2D eigenvalue weighted by Crippen LogP contribution is -2.15. The van der Waals surface area contributed by atoms with Crippen LogP contribution in [-0.4, -0.2) is 19.3 Å². The van der Waals surface area contributed by atoms with E-state index in [0.29, 0.717) is 0 Å². The Balaban J connectivity index is 1.35. The second-order valence-electron chi connectivity index (χ2n) is 16.0. The summed E-state index contributed by atoms with van der Waals surface area (Å²) in [6.07, 6.45) is 4.97. The molecule has 0 aliphatic heterocycles. The Bertz CT molecular complexity index is 2370. The zero-order valence-corrected chi connectivity index (χ0v) is 31.6. The molecule has 0 amide bonds. The van der Waals surface area contributed by atoms with Crippen molar-refractivity contribution in [2.24, 2.45) is 5.41 Å². The summed E-state index contributed by atoms with van der Waals surface area (Å²) in [5.41, 5.74) is 11.7. The Labute approximate surface area is 302 Å². The molecule has 0 atom stereocenters. The number of ether oxygens (including phenoxy) is 1. The van der Waals surface area contributed by atoms with Crippen LogP contribution in [-0.2, 0) is 11.8 Å². The first kappa shape index (κ1) is 34.3. The van der Waals surface area contributed by atoms with E-state index in [2.05, 4.69) is 163 Å². The molecule has 51 heavy (non-hydrogen) atoms. The minimum Gasteiger partial charge on any atom is -0.457 e. The molecular formula is C46H50N4O. The molecule has 0 bridgehead atoms. The molecule has 7 rings (SSSR count). The molecule has 0 radical (unpaired) electrons. The number of hydrogen-bond donors (Lipinski definition) is 0. The van der Waals surface area contributed by atoms with E-state index in [4.69, 9.17) is 14.8 Å². The van der Waals surface area contributed by atoms with Crippen molar-refractivity contribution in [3.05, 3.63) is 131 Å². The third kappa shape index (κ3) is 6.82. The van der Waals surface area contributed by atoms with Crippen LogP contribution < -0.4 is 4.74 Å². The molecule has 0 unspecified atom stereocenters. The van der Waals surface area contributed by atoms with Gasteiger partial charge in [-0.2, -0.15) is 5.10 Å². The largest absolute Gasteiger partial charge is 0.457 e. The number of fused-ring (bicyclic) bond motifs is 3. The van der Waals surface area contributed by atoms with Crippen LogP contribution >= 0.6 is 0 Å². The number of nitrogens with zero attached hydrogens (tertiary/aromatic N) is 4. The van der Waals surface area contributed by atoms with Crippen LogP contribution in [0.25, 0.3) is 44.4 Å². The first-order chi connectivity index (χ1) is 24.3. The van der Waals surface area contributed by atoms with E-state index >= 15 is 0 Å². The molecule has 0 aliphatic carbocycles. The number of aryl methyl sites for hydroxylation is 3. The van der Waals surface area contributed by atoms with Crippen molar-refractivity contribution in [1.82, 2.24) is 19.3 Å². The predicted octanol–water partition coefficient (Wildman–Crippen LogP) is 12.4. The lowest BCUT2D eigenvalue weighted by atomic mass is 9.82.